The van der Waals surface area contributed by atoms with Crippen molar-refractivity contribution < 1.29 is 24.0 Å². The number of ether oxygens (including phenoxy) is 1. The number of aliphatic carboxylic acids is 1. The van der Waals surface area contributed by atoms with Gasteiger partial charge in [0.1, 0.15) is 5.60 Å². The molecule has 2 unspecified atom stereocenters. The zero-order valence-corrected chi connectivity index (χ0v) is 15.8. The summed E-state index contributed by atoms with van der Waals surface area (Å²) in [5.74, 6) is -0.240. The molecule has 1 aliphatic carbocycles. The van der Waals surface area contributed by atoms with E-state index in [9.17, 15) is 14.7 Å². The van der Waals surface area contributed by atoms with Gasteiger partial charge in [-0.25, -0.2) is 4.79 Å². The Morgan fingerprint density at radius 2 is 2.00 bits per heavy atom. The van der Waals surface area contributed by atoms with Crippen LogP contribution < -0.4 is 0 Å². The summed E-state index contributed by atoms with van der Waals surface area (Å²) >= 11 is 0. The van der Waals surface area contributed by atoms with Crippen LogP contribution in [0, 0.1) is 5.92 Å². The van der Waals surface area contributed by atoms with Gasteiger partial charge < -0.3 is 19.3 Å². The lowest BCUT2D eigenvalue weighted by Gasteiger charge is -2.31. The van der Waals surface area contributed by atoms with Gasteiger partial charge in [0.05, 0.1) is 0 Å². The molecule has 1 saturated heterocycles. The highest BCUT2D eigenvalue weighted by atomic mass is 16.6. The molecule has 26 heavy (non-hydrogen) atoms. The first-order valence-corrected chi connectivity index (χ1v) is 9.22. The summed E-state index contributed by atoms with van der Waals surface area (Å²) in [7, 11) is 0. The number of likely N-dealkylation sites (tertiary alicyclic amines) is 1. The molecule has 8 heteroatoms. The molecule has 1 amide bonds. The van der Waals surface area contributed by atoms with Crippen molar-refractivity contribution >= 4 is 12.1 Å². The molecule has 0 bridgehead atoms. The minimum atomic E-state index is -1.28. The van der Waals surface area contributed by atoms with Crippen molar-refractivity contribution in [3.8, 4) is 0 Å². The number of carboxylic acids is 1. The quantitative estimate of drug-likeness (QED) is 0.855. The molecule has 1 saturated carbocycles. The highest BCUT2D eigenvalue weighted by Gasteiger charge is 2.54. The summed E-state index contributed by atoms with van der Waals surface area (Å²) in [6.45, 7) is 8.00. The normalized spacial score (nSPS) is 22.9. The summed E-state index contributed by atoms with van der Waals surface area (Å²) in [5, 5.41) is 14.0. The number of carboxylic acid groups (broad SMARTS) is 1. The third kappa shape index (κ3) is 3.41. The van der Waals surface area contributed by atoms with Crippen LogP contribution in [0.15, 0.2) is 4.52 Å². The third-order valence-electron chi connectivity index (χ3n) is 5.24. The van der Waals surface area contributed by atoms with Crippen LogP contribution in [-0.4, -0.2) is 50.9 Å². The minimum Gasteiger partial charge on any atom is -0.480 e. The largest absolute Gasteiger partial charge is 0.480 e. The van der Waals surface area contributed by atoms with Gasteiger partial charge in [-0.3, -0.25) is 4.79 Å². The predicted octanol–water partition coefficient (Wildman–Crippen LogP) is 2.94. The van der Waals surface area contributed by atoms with Gasteiger partial charge in [-0.1, -0.05) is 12.1 Å². The molecule has 2 heterocycles. The summed E-state index contributed by atoms with van der Waals surface area (Å²) in [5.41, 5.74) is -1.87. The first-order chi connectivity index (χ1) is 12.2. The lowest BCUT2D eigenvalue weighted by atomic mass is 9.72. The maximum Gasteiger partial charge on any atom is 0.410 e. The number of aromatic nitrogens is 2. The molecule has 0 radical (unpaired) electrons. The van der Waals surface area contributed by atoms with E-state index in [1.165, 1.54) is 0 Å². The fourth-order valence-electron chi connectivity index (χ4n) is 3.61. The summed E-state index contributed by atoms with van der Waals surface area (Å²) < 4.78 is 10.8. The highest BCUT2D eigenvalue weighted by Crippen LogP contribution is 2.43. The van der Waals surface area contributed by atoms with Crippen LogP contribution in [0.2, 0.25) is 0 Å². The molecule has 2 aliphatic rings. The monoisotopic (exact) mass is 365 g/mol. The Labute approximate surface area is 152 Å². The molecule has 144 valence electrons. The Morgan fingerprint density at radius 3 is 2.54 bits per heavy atom. The highest BCUT2D eigenvalue weighted by molar-refractivity contribution is 5.80. The van der Waals surface area contributed by atoms with Crippen LogP contribution in [0.4, 0.5) is 4.79 Å². The van der Waals surface area contributed by atoms with Gasteiger partial charge in [-0.2, -0.15) is 4.98 Å². The van der Waals surface area contributed by atoms with Gasteiger partial charge in [0.25, 0.3) is 0 Å². The lowest BCUT2D eigenvalue weighted by Crippen LogP contribution is -2.45. The van der Waals surface area contributed by atoms with Crippen molar-refractivity contribution in [2.45, 2.75) is 70.3 Å². The van der Waals surface area contributed by atoms with E-state index in [0.717, 1.165) is 12.8 Å². The number of hydrogen-bond donors (Lipinski definition) is 1. The van der Waals surface area contributed by atoms with E-state index in [4.69, 9.17) is 9.26 Å². The standard InChI is InChI=1S/C18H27N3O5/c1-5-18(15(22)23,14-19-13(20-26-14)11-6-7-11)12-8-9-21(10-12)16(24)25-17(2,3)4/h11-12H,5-10H2,1-4H3,(H,22,23). The van der Waals surface area contributed by atoms with Crippen LogP contribution >= 0.6 is 0 Å². The van der Waals surface area contributed by atoms with Gasteiger partial charge in [-0.15, -0.1) is 0 Å². The van der Waals surface area contributed by atoms with E-state index in [1.54, 1.807) is 4.90 Å². The number of carbonyl (C=O) groups excluding carboxylic acids is 1. The van der Waals surface area contributed by atoms with Crippen molar-refractivity contribution in [1.82, 2.24) is 15.0 Å². The molecule has 2 fully saturated rings. The van der Waals surface area contributed by atoms with Crippen molar-refractivity contribution in [2.24, 2.45) is 5.92 Å². The predicted molar refractivity (Wildman–Crippen MR) is 91.8 cm³/mol. The average Bonchev–Trinajstić information content (AvgIpc) is 3.07. The Hall–Kier alpha value is -2.12. The minimum absolute atomic E-state index is 0.158. The number of hydrogen-bond acceptors (Lipinski definition) is 6. The van der Waals surface area contributed by atoms with E-state index in [1.807, 2.05) is 27.7 Å². The van der Waals surface area contributed by atoms with Crippen LogP contribution in [0.3, 0.4) is 0 Å². The molecule has 0 aromatic carbocycles. The number of amides is 1. The van der Waals surface area contributed by atoms with Gasteiger partial charge in [0.15, 0.2) is 11.2 Å². The fraction of sp³-hybridized carbons (Fsp3) is 0.778. The van der Waals surface area contributed by atoms with E-state index in [-0.39, 0.29) is 17.7 Å². The molecule has 2 atom stereocenters. The lowest BCUT2D eigenvalue weighted by molar-refractivity contribution is -0.147. The van der Waals surface area contributed by atoms with Crippen LogP contribution in [0.1, 0.15) is 71.0 Å². The van der Waals surface area contributed by atoms with E-state index < -0.39 is 23.1 Å². The second-order valence-corrected chi connectivity index (χ2v) is 8.27. The number of rotatable bonds is 5. The second-order valence-electron chi connectivity index (χ2n) is 8.27. The Bertz CT molecular complexity index is 691. The smallest absolute Gasteiger partial charge is 0.410 e. The van der Waals surface area contributed by atoms with Crippen molar-refractivity contribution in [2.75, 3.05) is 13.1 Å². The van der Waals surface area contributed by atoms with Gasteiger partial charge in [0.2, 0.25) is 5.89 Å². The maximum atomic E-state index is 12.3. The third-order valence-corrected chi connectivity index (χ3v) is 5.24. The van der Waals surface area contributed by atoms with Crippen molar-refractivity contribution in [1.29, 1.82) is 0 Å². The first kappa shape index (κ1) is 18.7. The number of nitrogens with zero attached hydrogens (tertiary/aromatic N) is 3. The molecular formula is C18H27N3O5. The average molecular weight is 365 g/mol. The van der Waals surface area contributed by atoms with Gasteiger partial charge in [-0.05, 0) is 46.5 Å². The molecule has 1 aliphatic heterocycles. The molecule has 1 aromatic heterocycles. The molecule has 0 spiro atoms. The summed E-state index contributed by atoms with van der Waals surface area (Å²) in [6.07, 6.45) is 2.49. The summed E-state index contributed by atoms with van der Waals surface area (Å²) in [6, 6.07) is 0. The molecule has 1 N–H and O–H groups in total. The molecular weight excluding hydrogens is 338 g/mol. The SMILES string of the molecule is CCC(C(=O)O)(c1nc(C2CC2)no1)C1CCN(C(=O)OC(C)(C)C)C1. The van der Waals surface area contributed by atoms with Crippen LogP contribution in [0.25, 0.3) is 0 Å². The zero-order valence-electron chi connectivity index (χ0n) is 15.8. The number of carbonyl (C=O) groups is 2. The molecule has 3 rings (SSSR count). The molecule has 8 nitrogen and oxygen atoms in total. The van der Waals surface area contributed by atoms with Crippen LogP contribution in [0.5, 0.6) is 0 Å². The topological polar surface area (TPSA) is 106 Å². The zero-order chi connectivity index (χ0) is 19.1. The van der Waals surface area contributed by atoms with Crippen molar-refractivity contribution in [3.63, 3.8) is 0 Å². The Kier molecular flexibility index (Phi) is 4.71. The summed E-state index contributed by atoms with van der Waals surface area (Å²) in [4.78, 5) is 30.6. The van der Waals surface area contributed by atoms with Crippen molar-refractivity contribution in [3.05, 3.63) is 11.7 Å². The Balaban J connectivity index is 1.82. The Morgan fingerprint density at radius 1 is 1.31 bits per heavy atom. The van der Waals surface area contributed by atoms with Crippen LogP contribution in [-0.2, 0) is 14.9 Å². The van der Waals surface area contributed by atoms with Gasteiger partial charge >= 0.3 is 12.1 Å². The second kappa shape index (κ2) is 6.55. The van der Waals surface area contributed by atoms with Gasteiger partial charge in [0, 0.05) is 24.9 Å². The molecule has 1 aromatic rings. The van der Waals surface area contributed by atoms with E-state index >= 15 is 0 Å². The van der Waals surface area contributed by atoms with E-state index in [2.05, 4.69) is 10.1 Å². The fourth-order valence-corrected chi connectivity index (χ4v) is 3.61. The maximum absolute atomic E-state index is 12.3. The van der Waals surface area contributed by atoms with E-state index in [0.29, 0.717) is 31.8 Å². The first-order valence-electron chi connectivity index (χ1n) is 9.22.